The van der Waals surface area contributed by atoms with Crippen molar-refractivity contribution >= 4 is 23.0 Å². The maximum absolute atomic E-state index is 12.1. The van der Waals surface area contributed by atoms with E-state index in [9.17, 15) is 4.79 Å². The van der Waals surface area contributed by atoms with Gasteiger partial charge >= 0.3 is 5.97 Å². The quantitative estimate of drug-likeness (QED) is 0.674. The van der Waals surface area contributed by atoms with E-state index >= 15 is 0 Å². The summed E-state index contributed by atoms with van der Waals surface area (Å²) < 4.78 is 5.13. The number of hydrogen-bond acceptors (Lipinski definition) is 5. The normalized spacial score (nSPS) is 10.9. The highest BCUT2D eigenvalue weighted by Crippen LogP contribution is 2.30. The molecule has 0 spiro atoms. The van der Waals surface area contributed by atoms with Crippen LogP contribution in [0.4, 0.5) is 5.69 Å². The molecule has 0 saturated carbocycles. The minimum absolute atomic E-state index is 0.285. The van der Waals surface area contributed by atoms with Gasteiger partial charge in [-0.05, 0) is 43.5 Å². The molecule has 2 aromatic rings. The highest BCUT2D eigenvalue weighted by atomic mass is 32.1. The lowest BCUT2D eigenvalue weighted by Crippen LogP contribution is -2.07. The van der Waals surface area contributed by atoms with Gasteiger partial charge in [0, 0.05) is 11.3 Å². The van der Waals surface area contributed by atoms with Crippen LogP contribution >= 0.6 is 11.3 Å². The fourth-order valence-corrected chi connectivity index (χ4v) is 2.97. The highest BCUT2D eigenvalue weighted by molar-refractivity contribution is 7.17. The maximum Gasteiger partial charge on any atom is 0.350 e. The number of aromatic nitrogens is 1. The van der Waals surface area contributed by atoms with Gasteiger partial charge in [0.2, 0.25) is 0 Å². The first-order chi connectivity index (χ1) is 10.0. The van der Waals surface area contributed by atoms with Gasteiger partial charge in [-0.15, -0.1) is 11.3 Å². The maximum atomic E-state index is 12.1. The third-order valence-corrected chi connectivity index (χ3v) is 4.04. The number of hydrogen-bond donors (Lipinski definition) is 1. The number of carbonyl (C=O) groups excluding carboxylic acids is 1. The van der Waals surface area contributed by atoms with Crippen molar-refractivity contribution in [1.29, 1.82) is 0 Å². The lowest BCUT2D eigenvalue weighted by molar-refractivity contribution is 0.0530. The van der Waals surface area contributed by atoms with Crippen LogP contribution in [0.1, 0.15) is 36.1 Å². The minimum Gasteiger partial charge on any atom is -0.462 e. The number of anilines is 1. The van der Waals surface area contributed by atoms with Crippen molar-refractivity contribution in [3.8, 4) is 10.6 Å². The van der Waals surface area contributed by atoms with Gasteiger partial charge in [-0.1, -0.05) is 13.8 Å². The van der Waals surface area contributed by atoms with E-state index in [0.29, 0.717) is 23.1 Å². The van der Waals surface area contributed by atoms with Crippen molar-refractivity contribution in [1.82, 2.24) is 4.98 Å². The van der Waals surface area contributed by atoms with E-state index in [1.165, 1.54) is 11.3 Å². The van der Waals surface area contributed by atoms with E-state index in [4.69, 9.17) is 10.5 Å². The molecule has 2 rings (SSSR count). The fourth-order valence-electron chi connectivity index (χ4n) is 1.98. The molecule has 0 bridgehead atoms. The Balaban J connectivity index is 2.39. The number of benzene rings is 1. The van der Waals surface area contributed by atoms with Gasteiger partial charge in [0.15, 0.2) is 0 Å². The van der Waals surface area contributed by atoms with Gasteiger partial charge in [-0.3, -0.25) is 0 Å². The Kier molecular flexibility index (Phi) is 4.96. The van der Waals surface area contributed by atoms with Crippen LogP contribution in [0.3, 0.4) is 0 Å². The van der Waals surface area contributed by atoms with Gasteiger partial charge in [0.1, 0.15) is 9.88 Å². The number of rotatable bonds is 5. The molecule has 0 atom stereocenters. The van der Waals surface area contributed by atoms with Crippen LogP contribution in [-0.4, -0.2) is 17.6 Å². The first kappa shape index (κ1) is 15.5. The standard InChI is InChI=1S/C16H20N2O2S/c1-4-20-16(19)14-13(9-10(2)3)18-15(21-14)11-5-7-12(17)8-6-11/h5-8,10H,4,9,17H2,1-3H3. The third kappa shape index (κ3) is 3.82. The molecular formula is C16H20N2O2S. The van der Waals surface area contributed by atoms with Crippen LogP contribution < -0.4 is 5.73 Å². The Morgan fingerprint density at radius 3 is 2.57 bits per heavy atom. The predicted octanol–water partition coefficient (Wildman–Crippen LogP) is 3.77. The van der Waals surface area contributed by atoms with E-state index in [-0.39, 0.29) is 5.97 Å². The highest BCUT2D eigenvalue weighted by Gasteiger charge is 2.20. The number of nitrogen functional groups attached to an aromatic ring is 1. The molecule has 2 N–H and O–H groups in total. The van der Waals surface area contributed by atoms with E-state index in [1.807, 2.05) is 31.2 Å². The molecule has 1 aromatic heterocycles. The molecule has 1 heterocycles. The fraction of sp³-hybridized carbons (Fsp3) is 0.375. The minimum atomic E-state index is -0.285. The SMILES string of the molecule is CCOC(=O)c1sc(-c2ccc(N)cc2)nc1CC(C)C. The second-order valence-corrected chi connectivity index (χ2v) is 6.23. The topological polar surface area (TPSA) is 65.2 Å². The van der Waals surface area contributed by atoms with Crippen molar-refractivity contribution < 1.29 is 9.53 Å². The molecule has 0 radical (unpaired) electrons. The molecule has 0 amide bonds. The summed E-state index contributed by atoms with van der Waals surface area (Å²) in [7, 11) is 0. The van der Waals surface area contributed by atoms with Crippen LogP contribution in [-0.2, 0) is 11.2 Å². The molecule has 1 aromatic carbocycles. The number of nitrogens with zero attached hydrogens (tertiary/aromatic N) is 1. The van der Waals surface area contributed by atoms with Gasteiger partial charge in [-0.25, -0.2) is 9.78 Å². The van der Waals surface area contributed by atoms with Crippen molar-refractivity contribution in [2.45, 2.75) is 27.2 Å². The summed E-state index contributed by atoms with van der Waals surface area (Å²) in [6.07, 6.45) is 0.764. The Bertz CT molecular complexity index is 618. The number of ether oxygens (including phenoxy) is 1. The van der Waals surface area contributed by atoms with E-state index in [1.54, 1.807) is 0 Å². The molecular weight excluding hydrogens is 284 g/mol. The average Bonchev–Trinajstić information content (AvgIpc) is 2.83. The van der Waals surface area contributed by atoms with Crippen LogP contribution in [0.25, 0.3) is 10.6 Å². The number of esters is 1. The Hall–Kier alpha value is -1.88. The average molecular weight is 304 g/mol. The molecule has 112 valence electrons. The first-order valence-corrected chi connectivity index (χ1v) is 7.85. The van der Waals surface area contributed by atoms with Gasteiger partial charge in [0.25, 0.3) is 0 Å². The van der Waals surface area contributed by atoms with E-state index in [2.05, 4.69) is 18.8 Å². The smallest absolute Gasteiger partial charge is 0.350 e. The van der Waals surface area contributed by atoms with E-state index in [0.717, 1.165) is 22.7 Å². The van der Waals surface area contributed by atoms with Crippen LogP contribution in [0, 0.1) is 5.92 Å². The monoisotopic (exact) mass is 304 g/mol. The molecule has 0 aliphatic carbocycles. The van der Waals surface area contributed by atoms with Crippen molar-refractivity contribution in [2.75, 3.05) is 12.3 Å². The van der Waals surface area contributed by atoms with Crippen LogP contribution in [0.5, 0.6) is 0 Å². The second-order valence-electron chi connectivity index (χ2n) is 5.24. The second kappa shape index (κ2) is 6.72. The summed E-state index contributed by atoms with van der Waals surface area (Å²) in [4.78, 5) is 17.3. The van der Waals surface area contributed by atoms with Gasteiger partial charge < -0.3 is 10.5 Å². The molecule has 5 heteroatoms. The lowest BCUT2D eigenvalue weighted by atomic mass is 10.1. The molecule has 21 heavy (non-hydrogen) atoms. The largest absolute Gasteiger partial charge is 0.462 e. The molecule has 0 fully saturated rings. The zero-order chi connectivity index (χ0) is 15.4. The first-order valence-electron chi connectivity index (χ1n) is 7.04. The number of nitrogens with two attached hydrogens (primary N) is 1. The van der Waals surface area contributed by atoms with E-state index < -0.39 is 0 Å². The molecule has 4 nitrogen and oxygen atoms in total. The third-order valence-electron chi connectivity index (χ3n) is 2.92. The molecule has 0 unspecified atom stereocenters. The van der Waals surface area contributed by atoms with Crippen molar-refractivity contribution in [2.24, 2.45) is 5.92 Å². The summed E-state index contributed by atoms with van der Waals surface area (Å²) in [6, 6.07) is 7.51. The molecule has 0 aliphatic heterocycles. The Morgan fingerprint density at radius 1 is 1.33 bits per heavy atom. The zero-order valence-electron chi connectivity index (χ0n) is 12.6. The van der Waals surface area contributed by atoms with Crippen molar-refractivity contribution in [3.63, 3.8) is 0 Å². The number of thiazole rings is 1. The zero-order valence-corrected chi connectivity index (χ0v) is 13.4. The number of carbonyl (C=O) groups is 1. The van der Waals surface area contributed by atoms with Crippen molar-refractivity contribution in [3.05, 3.63) is 34.8 Å². The summed E-state index contributed by atoms with van der Waals surface area (Å²) in [5, 5.41) is 0.828. The summed E-state index contributed by atoms with van der Waals surface area (Å²) in [6.45, 7) is 6.39. The predicted molar refractivity (Wildman–Crippen MR) is 86.5 cm³/mol. The van der Waals surface area contributed by atoms with Gasteiger partial charge in [0.05, 0.1) is 12.3 Å². The summed E-state index contributed by atoms with van der Waals surface area (Å²) in [5.74, 6) is 0.145. The lowest BCUT2D eigenvalue weighted by Gasteiger charge is -2.04. The molecule has 0 saturated heterocycles. The Morgan fingerprint density at radius 2 is 2.00 bits per heavy atom. The molecule has 0 aliphatic rings. The van der Waals surface area contributed by atoms with Gasteiger partial charge in [-0.2, -0.15) is 0 Å². The summed E-state index contributed by atoms with van der Waals surface area (Å²) >= 11 is 1.38. The Labute approximate surface area is 129 Å². The van der Waals surface area contributed by atoms with Crippen LogP contribution in [0.15, 0.2) is 24.3 Å². The van der Waals surface area contributed by atoms with Crippen LogP contribution in [0.2, 0.25) is 0 Å². The summed E-state index contributed by atoms with van der Waals surface area (Å²) in [5.41, 5.74) is 8.20.